The van der Waals surface area contributed by atoms with Gasteiger partial charge in [0.1, 0.15) is 37.8 Å². The Morgan fingerprint density at radius 2 is 1.57 bits per heavy atom. The predicted octanol–water partition coefficient (Wildman–Crippen LogP) is 8.31. The average molecular weight is 905 g/mol. The number of hydrazine groups is 1. The van der Waals surface area contributed by atoms with Gasteiger partial charge in [-0.2, -0.15) is 0 Å². The topological polar surface area (TPSA) is 154 Å². The zero-order valence-corrected chi connectivity index (χ0v) is 40.4. The molecule has 3 aliphatic rings. The highest BCUT2D eigenvalue weighted by molar-refractivity contribution is 6.23. The van der Waals surface area contributed by atoms with Crippen molar-refractivity contribution in [2.45, 2.75) is 105 Å². The lowest BCUT2D eigenvalue weighted by atomic mass is 9.81. The molecule has 362 valence electrons. The third-order valence-electron chi connectivity index (χ3n) is 11.8. The van der Waals surface area contributed by atoms with E-state index >= 15 is 0 Å². The summed E-state index contributed by atoms with van der Waals surface area (Å²) in [5.74, 6) is 1.50. The quantitative estimate of drug-likeness (QED) is 0.0477. The number of nitrogens with one attached hydrogen (secondary N) is 1. The van der Waals surface area contributed by atoms with Gasteiger partial charge < -0.3 is 39.4 Å². The van der Waals surface area contributed by atoms with E-state index in [0.717, 1.165) is 86.1 Å². The number of allylic oxidation sites excluding steroid dienone is 2. The van der Waals surface area contributed by atoms with Crippen LogP contribution in [0.25, 0.3) is 0 Å². The molecule has 1 unspecified atom stereocenters. The number of carbonyl (C=O) groups is 4. The number of Topliss-reactive ketones (excluding diaryl/α,β-unsaturated/α-hetero) is 1. The summed E-state index contributed by atoms with van der Waals surface area (Å²) >= 11 is 0. The second kappa shape index (κ2) is 33.4. The molecule has 2 heterocycles. The zero-order chi connectivity index (χ0) is 47.8. The van der Waals surface area contributed by atoms with E-state index < -0.39 is 0 Å². The number of carbonyl (C=O) groups excluding carboxylic acids is 4. The van der Waals surface area contributed by atoms with Crippen LogP contribution in [0.15, 0.2) is 71.7 Å². The van der Waals surface area contributed by atoms with E-state index in [1.54, 1.807) is 7.05 Å². The fourth-order valence-corrected chi connectivity index (χ4v) is 8.05. The lowest BCUT2D eigenvalue weighted by molar-refractivity contribution is -0.118. The molecule has 2 aromatic rings. The van der Waals surface area contributed by atoms with Gasteiger partial charge in [-0.15, -0.1) is 0 Å². The van der Waals surface area contributed by atoms with Crippen LogP contribution in [-0.4, -0.2) is 137 Å². The van der Waals surface area contributed by atoms with Crippen molar-refractivity contribution in [3.63, 3.8) is 0 Å². The summed E-state index contributed by atoms with van der Waals surface area (Å²) in [6.07, 6.45) is 13.5. The summed E-state index contributed by atoms with van der Waals surface area (Å²) in [5, 5.41) is 16.0. The van der Waals surface area contributed by atoms with Gasteiger partial charge in [-0.05, 0) is 113 Å². The maximum Gasteiger partial charge on any atom is 0.227 e. The van der Waals surface area contributed by atoms with E-state index in [1.165, 1.54) is 62.7 Å². The van der Waals surface area contributed by atoms with Crippen molar-refractivity contribution in [3.8, 4) is 5.75 Å². The number of piperazine rings is 1. The van der Waals surface area contributed by atoms with Crippen LogP contribution in [0.3, 0.4) is 0 Å². The molecule has 0 bridgehead atoms. The first-order valence-corrected chi connectivity index (χ1v) is 23.6. The van der Waals surface area contributed by atoms with Crippen molar-refractivity contribution in [2.75, 3.05) is 90.7 Å². The van der Waals surface area contributed by atoms with Crippen molar-refractivity contribution >= 4 is 36.7 Å². The molecule has 1 amide bonds. The van der Waals surface area contributed by atoms with Crippen LogP contribution in [0, 0.1) is 12.8 Å². The number of hydrogen-bond donors (Lipinski definition) is 2. The van der Waals surface area contributed by atoms with Gasteiger partial charge in [-0.3, -0.25) is 24.3 Å². The molecule has 2 saturated heterocycles. The van der Waals surface area contributed by atoms with Gasteiger partial charge in [-0.1, -0.05) is 70.0 Å². The van der Waals surface area contributed by atoms with Crippen LogP contribution in [0.5, 0.6) is 5.75 Å². The van der Waals surface area contributed by atoms with Crippen LogP contribution in [0.2, 0.25) is 0 Å². The van der Waals surface area contributed by atoms with Gasteiger partial charge in [0, 0.05) is 70.1 Å². The second-order valence-corrected chi connectivity index (χ2v) is 16.5. The number of rotatable bonds is 23. The number of amides is 1. The third-order valence-corrected chi connectivity index (χ3v) is 11.8. The minimum absolute atomic E-state index is 0.0774. The molecule has 0 aromatic heterocycles. The monoisotopic (exact) mass is 905 g/mol. The van der Waals surface area contributed by atoms with Crippen LogP contribution >= 0.6 is 0 Å². The predicted molar refractivity (Wildman–Crippen MR) is 262 cm³/mol. The van der Waals surface area contributed by atoms with Gasteiger partial charge in [-0.25, -0.2) is 0 Å². The van der Waals surface area contributed by atoms with Gasteiger partial charge in [0.25, 0.3) is 0 Å². The molecule has 65 heavy (non-hydrogen) atoms. The number of unbranched alkanes of at least 4 members (excludes halogenated alkanes) is 2. The smallest absolute Gasteiger partial charge is 0.227 e. The minimum Gasteiger partial charge on any atom is -0.511 e. The summed E-state index contributed by atoms with van der Waals surface area (Å²) in [7, 11) is 1.59. The fourth-order valence-electron chi connectivity index (χ4n) is 8.05. The SMILES string of the molecule is C=CNN(C)C=O.C=O.CCCCC.CCO/N=C(\CC)C1=C(O)CC(c2ccc(OCCOCCN3CCC(CCCN4CCN(c5ccc(C)c(C=O)c5)CC4)CC3)cc2)CC1=O. The number of likely N-dealkylation sites (tertiary alicyclic amines) is 1. The fraction of sp³-hybridized carbons (Fsp3) is 0.588. The van der Waals surface area contributed by atoms with Gasteiger partial charge in [0.05, 0.1) is 24.5 Å². The highest BCUT2D eigenvalue weighted by Gasteiger charge is 2.31. The summed E-state index contributed by atoms with van der Waals surface area (Å²) in [4.78, 5) is 54.6. The van der Waals surface area contributed by atoms with E-state index in [4.69, 9.17) is 19.1 Å². The van der Waals surface area contributed by atoms with E-state index in [0.29, 0.717) is 63.4 Å². The number of anilines is 1. The maximum atomic E-state index is 12.9. The molecule has 1 aliphatic carbocycles. The summed E-state index contributed by atoms with van der Waals surface area (Å²) in [5.41, 5.74) is 7.35. The van der Waals surface area contributed by atoms with Gasteiger partial charge >= 0.3 is 0 Å². The molecule has 14 heteroatoms. The lowest BCUT2D eigenvalue weighted by Gasteiger charge is -2.37. The Morgan fingerprint density at radius 3 is 2.12 bits per heavy atom. The van der Waals surface area contributed by atoms with E-state index in [9.17, 15) is 19.5 Å². The molecule has 0 saturated carbocycles. The molecular weight excluding hydrogens is 825 g/mol. The number of piperidine rings is 1. The first-order valence-electron chi connectivity index (χ1n) is 23.6. The van der Waals surface area contributed by atoms with Crippen LogP contribution < -0.4 is 15.1 Å². The van der Waals surface area contributed by atoms with Crippen LogP contribution in [0.4, 0.5) is 5.69 Å². The number of nitrogens with zero attached hydrogens (tertiary/aromatic N) is 5. The minimum atomic E-state index is -0.0982. The Bertz CT molecular complexity index is 1720. The number of aryl methyl sites for hydroxylation is 1. The van der Waals surface area contributed by atoms with Crippen molar-refractivity contribution in [3.05, 3.63) is 83.3 Å². The Hall–Kier alpha value is -5.05. The highest BCUT2D eigenvalue weighted by atomic mass is 16.6. The lowest BCUT2D eigenvalue weighted by Crippen LogP contribution is -2.46. The van der Waals surface area contributed by atoms with E-state index in [2.05, 4.69) is 57.8 Å². The molecule has 2 N–H and O–H groups in total. The zero-order valence-electron chi connectivity index (χ0n) is 40.4. The van der Waals surface area contributed by atoms with Crippen molar-refractivity contribution in [2.24, 2.45) is 11.1 Å². The molecule has 14 nitrogen and oxygen atoms in total. The molecule has 2 aliphatic heterocycles. The molecule has 2 fully saturated rings. The number of aldehydes is 1. The first kappa shape index (κ1) is 56.1. The number of ether oxygens (including phenoxy) is 2. The van der Waals surface area contributed by atoms with Gasteiger partial charge in [0.15, 0.2) is 5.78 Å². The van der Waals surface area contributed by atoms with Crippen molar-refractivity contribution < 1.29 is 38.6 Å². The molecule has 0 spiro atoms. The number of aliphatic hydroxyl groups excluding tert-OH is 1. The molecule has 2 aromatic carbocycles. The molecule has 5 rings (SSSR count). The van der Waals surface area contributed by atoms with E-state index in [-0.39, 0.29) is 17.5 Å². The largest absolute Gasteiger partial charge is 0.511 e. The van der Waals surface area contributed by atoms with Gasteiger partial charge in [0.2, 0.25) is 6.41 Å². The molecule has 1 atom stereocenters. The number of aliphatic hydroxyl groups is 1. The summed E-state index contributed by atoms with van der Waals surface area (Å²) in [6.45, 7) is 26.3. The third kappa shape index (κ3) is 20.8. The number of hydrogen-bond acceptors (Lipinski definition) is 13. The number of oxime groups is 1. The van der Waals surface area contributed by atoms with Crippen molar-refractivity contribution in [1.82, 2.24) is 20.2 Å². The standard InChI is InChI=1S/C41H58N4O6.C5H12.C4H8N2O.CH2O/c1-4-38(42-51-5-2)41-39(47)28-34(29-40(41)48)33-9-12-37(13-10-33)50-26-25-49-24-23-44-17-14-32(15-18-44)7-6-16-43-19-21-45(22-20-43)36-11-8-31(3)35(27-36)30-46;1-3-5-4-2;1-3-5-6(2)4-7;1-2/h8-13,27,30,32,34,47H,4-7,14-26,28-29H2,1-3H3;3-5H2,1-2H3;3-5H,1H2,2H3;1H2/b42-38+;;;. The van der Waals surface area contributed by atoms with Crippen LogP contribution in [0.1, 0.15) is 119 Å². The molecule has 0 radical (unpaired) electrons. The number of benzene rings is 2. The second-order valence-electron chi connectivity index (χ2n) is 16.5. The normalized spacial score (nSPS) is 17.0. The average Bonchev–Trinajstić information content (AvgIpc) is 3.33. The highest BCUT2D eigenvalue weighted by Crippen LogP contribution is 2.35. The Balaban J connectivity index is 0.000000905. The Labute approximate surface area is 390 Å². The van der Waals surface area contributed by atoms with Crippen molar-refractivity contribution in [1.29, 1.82) is 0 Å². The summed E-state index contributed by atoms with van der Waals surface area (Å²) < 4.78 is 11.8. The maximum absolute atomic E-state index is 12.9. The van der Waals surface area contributed by atoms with E-state index in [1.807, 2.05) is 57.9 Å². The number of ketones is 1. The Kier molecular flexibility index (Phi) is 28.8. The Morgan fingerprint density at radius 1 is 0.892 bits per heavy atom. The molecular formula is C51H80N6O8. The summed E-state index contributed by atoms with van der Waals surface area (Å²) in [6, 6.07) is 14.0. The van der Waals surface area contributed by atoms with Crippen LogP contribution in [-0.2, 0) is 24.0 Å². The first-order chi connectivity index (χ1) is 31.6.